The van der Waals surface area contributed by atoms with Crippen LogP contribution < -0.4 is 5.32 Å². The van der Waals surface area contributed by atoms with Gasteiger partial charge in [-0.3, -0.25) is 14.5 Å². The summed E-state index contributed by atoms with van der Waals surface area (Å²) in [5.74, 6) is 0.378. The normalized spacial score (nSPS) is 15.4. The third-order valence-electron chi connectivity index (χ3n) is 4.51. The number of amides is 2. The highest BCUT2D eigenvalue weighted by molar-refractivity contribution is 8.26. The first-order valence-electron chi connectivity index (χ1n) is 9.18. The second-order valence-electron chi connectivity index (χ2n) is 6.56. The largest absolute Gasteiger partial charge is 0.465 e. The van der Waals surface area contributed by atoms with Gasteiger partial charge in [0.15, 0.2) is 0 Å². The van der Waals surface area contributed by atoms with Crippen LogP contribution in [-0.2, 0) is 9.59 Å². The lowest BCUT2D eigenvalue weighted by Gasteiger charge is -2.14. The van der Waals surface area contributed by atoms with Gasteiger partial charge in [-0.05, 0) is 41.5 Å². The van der Waals surface area contributed by atoms with Crippen molar-refractivity contribution < 1.29 is 14.0 Å². The first kappa shape index (κ1) is 19.4. The minimum atomic E-state index is -0.147. The van der Waals surface area contributed by atoms with Crippen LogP contribution in [0.1, 0.15) is 18.6 Å². The Hall–Kier alpha value is -2.90. The maximum Gasteiger partial charge on any atom is 0.266 e. The SMILES string of the molecule is O=C(CCCN1C(=O)/C(=C\c2ccco2)SC1=S)Nc1ccc2ccccc2c1. The van der Waals surface area contributed by atoms with Crippen molar-refractivity contribution in [3.05, 3.63) is 71.5 Å². The highest BCUT2D eigenvalue weighted by Crippen LogP contribution is 2.32. The van der Waals surface area contributed by atoms with Crippen LogP contribution in [0.2, 0.25) is 0 Å². The lowest BCUT2D eigenvalue weighted by molar-refractivity contribution is -0.122. The summed E-state index contributed by atoms with van der Waals surface area (Å²) in [6, 6.07) is 17.4. The number of nitrogens with zero attached hydrogens (tertiary/aromatic N) is 1. The Labute approximate surface area is 177 Å². The van der Waals surface area contributed by atoms with Gasteiger partial charge < -0.3 is 9.73 Å². The van der Waals surface area contributed by atoms with Crippen molar-refractivity contribution in [2.45, 2.75) is 12.8 Å². The van der Waals surface area contributed by atoms with Gasteiger partial charge in [-0.2, -0.15) is 0 Å². The summed E-state index contributed by atoms with van der Waals surface area (Å²) in [5.41, 5.74) is 0.765. The summed E-state index contributed by atoms with van der Waals surface area (Å²) in [6.45, 7) is 0.408. The highest BCUT2D eigenvalue weighted by Gasteiger charge is 2.31. The summed E-state index contributed by atoms with van der Waals surface area (Å²) < 4.78 is 5.76. The van der Waals surface area contributed by atoms with Gasteiger partial charge in [0.25, 0.3) is 5.91 Å². The summed E-state index contributed by atoms with van der Waals surface area (Å²) in [4.78, 5) is 26.9. The number of carbonyl (C=O) groups is 2. The van der Waals surface area contributed by atoms with E-state index in [0.717, 1.165) is 16.5 Å². The van der Waals surface area contributed by atoms with E-state index in [0.29, 0.717) is 34.4 Å². The van der Waals surface area contributed by atoms with Crippen molar-refractivity contribution in [1.29, 1.82) is 0 Å². The molecule has 29 heavy (non-hydrogen) atoms. The molecule has 1 aliphatic rings. The average Bonchev–Trinajstić information content (AvgIpc) is 3.31. The van der Waals surface area contributed by atoms with Gasteiger partial charge in [0.2, 0.25) is 5.91 Å². The van der Waals surface area contributed by atoms with Gasteiger partial charge in [0, 0.05) is 24.7 Å². The summed E-state index contributed by atoms with van der Waals surface area (Å²) in [5, 5.41) is 5.12. The Kier molecular flexibility index (Phi) is 5.78. The predicted molar refractivity (Wildman–Crippen MR) is 120 cm³/mol. The molecule has 0 atom stereocenters. The van der Waals surface area contributed by atoms with E-state index < -0.39 is 0 Å². The molecule has 4 rings (SSSR count). The molecule has 3 aromatic rings. The fourth-order valence-electron chi connectivity index (χ4n) is 3.08. The van der Waals surface area contributed by atoms with Gasteiger partial charge in [-0.15, -0.1) is 0 Å². The minimum absolute atomic E-state index is 0.0863. The molecule has 1 saturated heterocycles. The molecule has 0 spiro atoms. The van der Waals surface area contributed by atoms with Crippen molar-refractivity contribution in [2.24, 2.45) is 0 Å². The maximum absolute atomic E-state index is 12.5. The van der Waals surface area contributed by atoms with Crippen LogP contribution in [0, 0.1) is 0 Å². The van der Waals surface area contributed by atoms with E-state index in [1.54, 1.807) is 24.5 Å². The zero-order valence-electron chi connectivity index (χ0n) is 15.5. The van der Waals surface area contributed by atoms with Gasteiger partial charge in [-0.1, -0.05) is 54.3 Å². The zero-order chi connectivity index (χ0) is 20.2. The first-order chi connectivity index (χ1) is 14.1. The average molecular weight is 423 g/mol. The molecule has 2 amide bonds. The van der Waals surface area contributed by atoms with Crippen LogP contribution in [0.15, 0.2) is 70.2 Å². The van der Waals surface area contributed by atoms with E-state index >= 15 is 0 Å². The second-order valence-corrected chi connectivity index (χ2v) is 8.24. The molecule has 0 radical (unpaired) electrons. The topological polar surface area (TPSA) is 62.6 Å². The fourth-order valence-corrected chi connectivity index (χ4v) is 4.37. The number of furan rings is 1. The lowest BCUT2D eigenvalue weighted by Crippen LogP contribution is -2.29. The molecule has 0 saturated carbocycles. The molecule has 0 bridgehead atoms. The molecule has 1 N–H and O–H groups in total. The molecule has 1 aliphatic heterocycles. The third kappa shape index (κ3) is 4.58. The molecule has 7 heteroatoms. The van der Waals surface area contributed by atoms with Crippen LogP contribution in [0.4, 0.5) is 5.69 Å². The Morgan fingerprint density at radius 3 is 2.76 bits per heavy atom. The van der Waals surface area contributed by atoms with Crippen molar-refractivity contribution in [3.63, 3.8) is 0 Å². The Morgan fingerprint density at radius 1 is 1.14 bits per heavy atom. The third-order valence-corrected chi connectivity index (χ3v) is 5.89. The molecule has 0 aliphatic carbocycles. The van der Waals surface area contributed by atoms with E-state index in [9.17, 15) is 9.59 Å². The number of thiocarbonyl (C=S) groups is 1. The number of benzene rings is 2. The van der Waals surface area contributed by atoms with E-state index in [1.807, 2.05) is 42.5 Å². The summed E-state index contributed by atoms with van der Waals surface area (Å²) in [6.07, 6.45) is 4.08. The van der Waals surface area contributed by atoms with Crippen molar-refractivity contribution >= 4 is 62.7 Å². The van der Waals surface area contributed by atoms with Crippen LogP contribution in [-0.4, -0.2) is 27.6 Å². The zero-order valence-corrected chi connectivity index (χ0v) is 17.1. The predicted octanol–water partition coefficient (Wildman–Crippen LogP) is 5.05. The quantitative estimate of drug-likeness (QED) is 0.445. The molecule has 1 aromatic heterocycles. The minimum Gasteiger partial charge on any atom is -0.465 e. The van der Waals surface area contributed by atoms with E-state index in [-0.39, 0.29) is 11.8 Å². The Bertz CT molecular complexity index is 1110. The maximum atomic E-state index is 12.5. The lowest BCUT2D eigenvalue weighted by atomic mass is 10.1. The van der Waals surface area contributed by atoms with Crippen molar-refractivity contribution in [3.8, 4) is 0 Å². The fraction of sp³-hybridized carbons (Fsp3) is 0.136. The van der Waals surface area contributed by atoms with Gasteiger partial charge in [-0.25, -0.2) is 0 Å². The molecule has 1 fully saturated rings. The van der Waals surface area contributed by atoms with E-state index in [2.05, 4.69) is 5.32 Å². The number of hydrogen-bond acceptors (Lipinski definition) is 5. The summed E-state index contributed by atoms with van der Waals surface area (Å²) in [7, 11) is 0. The molecule has 2 aromatic carbocycles. The van der Waals surface area contributed by atoms with Gasteiger partial charge in [0.1, 0.15) is 10.1 Å². The number of anilines is 1. The van der Waals surface area contributed by atoms with Crippen molar-refractivity contribution in [1.82, 2.24) is 4.90 Å². The van der Waals surface area contributed by atoms with Crippen LogP contribution >= 0.6 is 24.0 Å². The smallest absolute Gasteiger partial charge is 0.266 e. The molecule has 5 nitrogen and oxygen atoms in total. The molecular weight excluding hydrogens is 404 g/mol. The van der Waals surface area contributed by atoms with Gasteiger partial charge >= 0.3 is 0 Å². The number of carbonyl (C=O) groups excluding carboxylic acids is 2. The number of fused-ring (bicyclic) bond motifs is 1. The molecular formula is C22H18N2O3S2. The molecule has 146 valence electrons. The Morgan fingerprint density at radius 2 is 1.97 bits per heavy atom. The van der Waals surface area contributed by atoms with Crippen LogP contribution in [0.3, 0.4) is 0 Å². The second kappa shape index (κ2) is 8.63. The van der Waals surface area contributed by atoms with E-state index in [4.69, 9.17) is 16.6 Å². The first-order valence-corrected chi connectivity index (χ1v) is 10.4. The molecule has 2 heterocycles. The summed E-state index contributed by atoms with van der Waals surface area (Å²) >= 11 is 6.57. The Balaban J connectivity index is 1.30. The van der Waals surface area contributed by atoms with Gasteiger partial charge in [0.05, 0.1) is 11.2 Å². The van der Waals surface area contributed by atoms with E-state index in [1.165, 1.54) is 16.7 Å². The number of hydrogen-bond donors (Lipinski definition) is 1. The van der Waals surface area contributed by atoms with Crippen LogP contribution in [0.25, 0.3) is 16.8 Å². The number of nitrogens with one attached hydrogen (secondary N) is 1. The highest BCUT2D eigenvalue weighted by atomic mass is 32.2. The number of rotatable bonds is 6. The standard InChI is InChI=1S/C22H18N2O3S2/c25-20(23-17-10-9-15-5-1-2-6-16(15)13-17)8-3-11-24-21(26)19(29-22(24)28)14-18-7-4-12-27-18/h1-2,4-7,9-10,12-14H,3,8,11H2,(H,23,25)/b19-14+. The van der Waals surface area contributed by atoms with Crippen LogP contribution in [0.5, 0.6) is 0 Å². The number of thioether (sulfide) groups is 1. The monoisotopic (exact) mass is 422 g/mol. The van der Waals surface area contributed by atoms with Crippen molar-refractivity contribution in [2.75, 3.05) is 11.9 Å². The molecule has 0 unspecified atom stereocenters.